The number of piperidine rings is 1. The van der Waals surface area contributed by atoms with Crippen LogP contribution in [0.25, 0.3) is 16.7 Å². The molecule has 0 unspecified atom stereocenters. The summed E-state index contributed by atoms with van der Waals surface area (Å²) in [6, 6.07) is 19.6. The monoisotopic (exact) mass is 315 g/mol. The maximum absolute atomic E-state index is 4.90. The van der Waals surface area contributed by atoms with Crippen LogP contribution in [0.5, 0.6) is 0 Å². The van der Waals surface area contributed by atoms with Gasteiger partial charge in [0.1, 0.15) is 5.82 Å². The highest BCUT2D eigenvalue weighted by Crippen LogP contribution is 2.27. The number of fused-ring (bicyclic) bond motifs is 4. The van der Waals surface area contributed by atoms with Crippen LogP contribution in [0.2, 0.25) is 0 Å². The van der Waals surface area contributed by atoms with Gasteiger partial charge in [0.05, 0.1) is 17.4 Å². The summed E-state index contributed by atoms with van der Waals surface area (Å²) >= 11 is 0. The molecule has 2 aromatic carbocycles. The summed E-state index contributed by atoms with van der Waals surface area (Å²) in [6.07, 6.45) is 3.89. The Kier molecular flexibility index (Phi) is 3.18. The van der Waals surface area contributed by atoms with Crippen molar-refractivity contribution in [3.8, 4) is 0 Å². The predicted octanol–water partition coefficient (Wildman–Crippen LogP) is 2.87. The Morgan fingerprint density at radius 1 is 0.833 bits per heavy atom. The Balaban J connectivity index is 1.89. The van der Waals surface area contributed by atoms with Crippen molar-refractivity contribution in [1.82, 2.24) is 9.47 Å². The van der Waals surface area contributed by atoms with Crippen molar-refractivity contribution in [2.45, 2.75) is 25.8 Å². The second-order valence-corrected chi connectivity index (χ2v) is 6.73. The van der Waals surface area contributed by atoms with Crippen molar-refractivity contribution in [1.29, 1.82) is 0 Å². The first-order chi connectivity index (χ1) is 11.9. The van der Waals surface area contributed by atoms with Gasteiger partial charge in [-0.05, 0) is 43.5 Å². The fourth-order valence-corrected chi connectivity index (χ4v) is 4.08. The minimum atomic E-state index is 0.739. The quantitative estimate of drug-likeness (QED) is 0.676. The molecule has 0 N–H and O–H groups in total. The highest BCUT2D eigenvalue weighted by atomic mass is 15.3. The van der Waals surface area contributed by atoms with Gasteiger partial charge < -0.3 is 4.90 Å². The minimum absolute atomic E-state index is 0.739. The smallest absolute Gasteiger partial charge is 0.123 e. The second-order valence-electron chi connectivity index (χ2n) is 6.73. The van der Waals surface area contributed by atoms with Crippen LogP contribution in [0.1, 0.15) is 25.0 Å². The van der Waals surface area contributed by atoms with Crippen LogP contribution in [-0.2, 0) is 6.54 Å². The van der Waals surface area contributed by atoms with E-state index in [9.17, 15) is 0 Å². The maximum atomic E-state index is 4.90. The summed E-state index contributed by atoms with van der Waals surface area (Å²) in [5, 5.41) is 3.68. The third-order valence-electron chi connectivity index (χ3n) is 5.21. The first-order valence-electron chi connectivity index (χ1n) is 8.90. The molecule has 5 rings (SSSR count). The maximum Gasteiger partial charge on any atom is 0.123 e. The summed E-state index contributed by atoms with van der Waals surface area (Å²) < 4.78 is 2.45. The van der Waals surface area contributed by atoms with Gasteiger partial charge in [-0.2, -0.15) is 0 Å². The predicted molar refractivity (Wildman–Crippen MR) is 97.1 cm³/mol. The molecule has 3 nitrogen and oxygen atoms in total. The molecule has 2 aliphatic rings. The zero-order chi connectivity index (χ0) is 15.9. The number of aromatic nitrogens is 1. The molecular weight excluding hydrogens is 294 g/mol. The molecule has 1 aromatic heterocycles. The lowest BCUT2D eigenvalue weighted by atomic mass is 10.1. The number of para-hydroxylation sites is 2. The first kappa shape index (κ1) is 13.8. The van der Waals surface area contributed by atoms with Crippen molar-refractivity contribution < 1.29 is 0 Å². The molecule has 0 radical (unpaired) electrons. The van der Waals surface area contributed by atoms with E-state index < -0.39 is 0 Å². The molecule has 0 bridgehead atoms. The topological polar surface area (TPSA) is 20.5 Å². The zero-order valence-corrected chi connectivity index (χ0v) is 13.8. The number of hydrogen-bond donors (Lipinski definition) is 0. The van der Waals surface area contributed by atoms with Gasteiger partial charge in [0, 0.05) is 29.4 Å². The summed E-state index contributed by atoms with van der Waals surface area (Å²) in [6.45, 7) is 3.01. The molecule has 3 heterocycles. The Morgan fingerprint density at radius 3 is 2.54 bits per heavy atom. The first-order valence-corrected chi connectivity index (χ1v) is 8.90. The van der Waals surface area contributed by atoms with E-state index in [-0.39, 0.29) is 0 Å². The second kappa shape index (κ2) is 5.52. The molecule has 1 saturated heterocycles. The van der Waals surface area contributed by atoms with Gasteiger partial charge in [0.15, 0.2) is 0 Å². The lowest BCUT2D eigenvalue weighted by Crippen LogP contribution is -2.39. The van der Waals surface area contributed by atoms with E-state index in [2.05, 4.69) is 64.1 Å². The Morgan fingerprint density at radius 2 is 1.62 bits per heavy atom. The van der Waals surface area contributed by atoms with Crippen LogP contribution in [0.3, 0.4) is 0 Å². The minimum Gasteiger partial charge on any atom is -0.357 e. The molecule has 3 heteroatoms. The van der Waals surface area contributed by atoms with E-state index in [1.807, 2.05) is 0 Å². The van der Waals surface area contributed by atoms with Crippen molar-refractivity contribution in [2.75, 3.05) is 13.1 Å². The third kappa shape index (κ3) is 2.08. The molecule has 24 heavy (non-hydrogen) atoms. The standard InChI is InChI=1S/C21H21N3/c1-6-12-23(13-7-1)21-18-9-3-4-10-19(18)22-15-17-14-16-8-2-5-11-20(16)24(17)21/h2-5,8-11,14H,1,6-7,12-13,15H2. The number of benzene rings is 2. The molecule has 120 valence electrons. The average Bonchev–Trinajstić information content (AvgIpc) is 2.92. The molecule has 0 spiro atoms. The largest absolute Gasteiger partial charge is 0.357 e. The van der Waals surface area contributed by atoms with E-state index in [0.29, 0.717) is 0 Å². The van der Waals surface area contributed by atoms with Gasteiger partial charge >= 0.3 is 0 Å². The van der Waals surface area contributed by atoms with Crippen molar-refractivity contribution >= 4 is 16.7 Å². The van der Waals surface area contributed by atoms with Gasteiger partial charge in [-0.15, -0.1) is 0 Å². The van der Waals surface area contributed by atoms with Crippen molar-refractivity contribution in [3.05, 3.63) is 70.9 Å². The van der Waals surface area contributed by atoms with Gasteiger partial charge in [0.2, 0.25) is 0 Å². The summed E-state index contributed by atoms with van der Waals surface area (Å²) in [4.78, 5) is 7.47. The Hall–Kier alpha value is -2.55. The van der Waals surface area contributed by atoms with Crippen LogP contribution in [0, 0.1) is 0 Å². The highest BCUT2D eigenvalue weighted by Gasteiger charge is 2.21. The molecular formula is C21H21N3. The molecule has 0 atom stereocenters. The normalized spacial score (nSPS) is 17.2. The van der Waals surface area contributed by atoms with E-state index in [1.165, 1.54) is 46.9 Å². The fourth-order valence-electron chi connectivity index (χ4n) is 4.08. The molecule has 0 amide bonds. The lowest BCUT2D eigenvalue weighted by Gasteiger charge is -2.32. The third-order valence-corrected chi connectivity index (χ3v) is 5.21. The van der Waals surface area contributed by atoms with Gasteiger partial charge in [-0.25, -0.2) is 0 Å². The SMILES string of the molecule is c1ccc2c(c1)=NCc1cc3ccccc3n1C=2N1CCCCC1. The van der Waals surface area contributed by atoms with E-state index in [0.717, 1.165) is 25.0 Å². The fraction of sp³-hybridized carbons (Fsp3) is 0.286. The van der Waals surface area contributed by atoms with Crippen LogP contribution >= 0.6 is 0 Å². The van der Waals surface area contributed by atoms with Gasteiger partial charge in [-0.1, -0.05) is 30.3 Å². The Labute approximate surface area is 141 Å². The molecule has 0 saturated carbocycles. The van der Waals surface area contributed by atoms with Crippen LogP contribution in [-0.4, -0.2) is 22.6 Å². The summed E-state index contributed by atoms with van der Waals surface area (Å²) in [5.74, 6) is 1.32. The molecule has 3 aromatic rings. The van der Waals surface area contributed by atoms with Crippen LogP contribution in [0.4, 0.5) is 0 Å². The van der Waals surface area contributed by atoms with E-state index in [4.69, 9.17) is 4.99 Å². The van der Waals surface area contributed by atoms with E-state index in [1.54, 1.807) is 0 Å². The average molecular weight is 315 g/mol. The zero-order valence-electron chi connectivity index (χ0n) is 13.8. The van der Waals surface area contributed by atoms with Crippen molar-refractivity contribution in [2.24, 2.45) is 4.99 Å². The Bertz CT molecular complexity index is 1020. The number of hydrogen-bond acceptors (Lipinski definition) is 2. The number of rotatable bonds is 1. The number of nitrogens with zero attached hydrogens (tertiary/aromatic N) is 3. The summed E-state index contributed by atoms with van der Waals surface area (Å²) in [7, 11) is 0. The lowest BCUT2D eigenvalue weighted by molar-refractivity contribution is 0.312. The van der Waals surface area contributed by atoms with Gasteiger partial charge in [0.25, 0.3) is 0 Å². The molecule has 2 aliphatic heterocycles. The van der Waals surface area contributed by atoms with Crippen LogP contribution in [0.15, 0.2) is 59.6 Å². The molecule has 1 fully saturated rings. The van der Waals surface area contributed by atoms with Crippen molar-refractivity contribution in [3.63, 3.8) is 0 Å². The van der Waals surface area contributed by atoms with Gasteiger partial charge in [-0.3, -0.25) is 9.56 Å². The molecule has 0 aliphatic carbocycles. The van der Waals surface area contributed by atoms with E-state index >= 15 is 0 Å². The highest BCUT2D eigenvalue weighted by molar-refractivity contribution is 5.84. The number of likely N-dealkylation sites (tertiary alicyclic amines) is 1. The summed E-state index contributed by atoms with van der Waals surface area (Å²) in [5.41, 5.74) is 2.58. The van der Waals surface area contributed by atoms with Crippen LogP contribution < -0.4 is 10.6 Å².